The van der Waals surface area contributed by atoms with Crippen molar-refractivity contribution in [2.24, 2.45) is 11.7 Å². The fourth-order valence-electron chi connectivity index (χ4n) is 2.79. The SMILES string of the molecule is CC1=C2OC(=O)c3c(Br)cc(O)c(C)c3OC2C(C)CC1=O.CCN. The Morgan fingerprint density at radius 1 is 1.36 bits per heavy atom. The van der Waals surface area contributed by atoms with Gasteiger partial charge in [-0.25, -0.2) is 4.79 Å². The zero-order chi connectivity index (χ0) is 18.9. The molecule has 0 radical (unpaired) electrons. The van der Waals surface area contributed by atoms with E-state index in [1.54, 1.807) is 13.8 Å². The van der Waals surface area contributed by atoms with Crippen LogP contribution in [0.15, 0.2) is 21.9 Å². The Morgan fingerprint density at radius 2 is 1.96 bits per heavy atom. The Hall–Kier alpha value is -1.86. The fourth-order valence-corrected chi connectivity index (χ4v) is 3.35. The van der Waals surface area contributed by atoms with Crippen molar-refractivity contribution in [3.8, 4) is 11.5 Å². The van der Waals surface area contributed by atoms with Crippen molar-refractivity contribution in [2.75, 3.05) is 6.54 Å². The Morgan fingerprint density at radius 3 is 2.56 bits per heavy atom. The summed E-state index contributed by atoms with van der Waals surface area (Å²) in [6.45, 7) is 7.84. The monoisotopic (exact) mass is 411 g/mol. The second-order valence-corrected chi connectivity index (χ2v) is 6.99. The number of aromatic hydroxyl groups is 1. The predicted octanol–water partition coefficient (Wildman–Crippen LogP) is 3.23. The van der Waals surface area contributed by atoms with E-state index in [0.29, 0.717) is 27.8 Å². The third-order valence-electron chi connectivity index (χ3n) is 4.18. The number of hydrogen-bond acceptors (Lipinski definition) is 6. The van der Waals surface area contributed by atoms with E-state index in [9.17, 15) is 14.7 Å². The van der Waals surface area contributed by atoms with Crippen LogP contribution in [0.3, 0.4) is 0 Å². The summed E-state index contributed by atoms with van der Waals surface area (Å²) in [5.74, 6) is -0.155. The molecule has 2 aliphatic rings. The third kappa shape index (κ3) is 3.57. The summed E-state index contributed by atoms with van der Waals surface area (Å²) in [4.78, 5) is 24.4. The van der Waals surface area contributed by atoms with Crippen molar-refractivity contribution >= 4 is 27.7 Å². The molecular formula is C18H22BrNO5. The Balaban J connectivity index is 0.000000701. The van der Waals surface area contributed by atoms with Gasteiger partial charge in [0.25, 0.3) is 0 Å². The maximum atomic E-state index is 12.4. The number of fused-ring (bicyclic) bond motifs is 2. The number of esters is 1. The number of rotatable bonds is 0. The van der Waals surface area contributed by atoms with Crippen LogP contribution in [0.4, 0.5) is 0 Å². The predicted molar refractivity (Wildman–Crippen MR) is 96.6 cm³/mol. The van der Waals surface area contributed by atoms with Gasteiger partial charge in [0.2, 0.25) is 0 Å². The molecule has 136 valence electrons. The normalized spacial score (nSPS) is 22.0. The number of nitrogens with two attached hydrogens (primary N) is 1. The molecule has 1 aromatic rings. The Labute approximate surface area is 155 Å². The van der Waals surface area contributed by atoms with Gasteiger partial charge in [0, 0.05) is 27.9 Å². The third-order valence-corrected chi connectivity index (χ3v) is 4.80. The largest absolute Gasteiger partial charge is 0.507 e. The zero-order valence-electron chi connectivity index (χ0n) is 14.7. The number of phenols is 1. The second kappa shape index (κ2) is 7.58. The van der Waals surface area contributed by atoms with Crippen LogP contribution in [0, 0.1) is 12.8 Å². The van der Waals surface area contributed by atoms with Crippen LogP contribution in [0.1, 0.15) is 43.1 Å². The van der Waals surface area contributed by atoms with E-state index in [-0.39, 0.29) is 28.8 Å². The summed E-state index contributed by atoms with van der Waals surface area (Å²) < 4.78 is 11.9. The number of halogens is 1. The topological polar surface area (TPSA) is 98.9 Å². The van der Waals surface area contributed by atoms with Crippen LogP contribution in [0.25, 0.3) is 0 Å². The Bertz CT molecular complexity index is 756. The van der Waals surface area contributed by atoms with Crippen molar-refractivity contribution in [1.82, 2.24) is 0 Å². The number of carbonyl (C=O) groups excluding carboxylic acids is 2. The average molecular weight is 412 g/mol. The molecular weight excluding hydrogens is 390 g/mol. The van der Waals surface area contributed by atoms with E-state index in [0.717, 1.165) is 6.54 Å². The number of allylic oxidation sites excluding steroid dienone is 1. The van der Waals surface area contributed by atoms with Gasteiger partial charge in [0.15, 0.2) is 17.6 Å². The summed E-state index contributed by atoms with van der Waals surface area (Å²) in [7, 11) is 0. The number of ketones is 1. The van der Waals surface area contributed by atoms with Crippen LogP contribution in [0.5, 0.6) is 11.5 Å². The van der Waals surface area contributed by atoms with Crippen LogP contribution in [0.2, 0.25) is 0 Å². The standard InChI is InChI=1S/C16H15BrO5.C2H7N/c1-6-4-10(18)8(3)15-13(6)21-14-7(2)11(19)5-9(17)12(14)16(20)22-15;1-2-3/h5-6,13,19H,4H2,1-3H3;2-3H2,1H3. The van der Waals surface area contributed by atoms with Crippen molar-refractivity contribution < 1.29 is 24.2 Å². The molecule has 0 bridgehead atoms. The van der Waals surface area contributed by atoms with Crippen molar-refractivity contribution in [3.05, 3.63) is 33.0 Å². The molecule has 2 unspecified atom stereocenters. The molecule has 1 heterocycles. The van der Waals surface area contributed by atoms with E-state index >= 15 is 0 Å². The lowest BCUT2D eigenvalue weighted by atomic mass is 9.86. The first kappa shape index (κ1) is 19.5. The molecule has 0 amide bonds. The molecule has 1 aromatic carbocycles. The van der Waals surface area contributed by atoms with Gasteiger partial charge in [0.1, 0.15) is 17.1 Å². The van der Waals surface area contributed by atoms with Gasteiger partial charge >= 0.3 is 5.97 Å². The van der Waals surface area contributed by atoms with E-state index in [1.807, 2.05) is 13.8 Å². The van der Waals surface area contributed by atoms with Crippen molar-refractivity contribution in [2.45, 2.75) is 40.2 Å². The molecule has 0 saturated heterocycles. The van der Waals surface area contributed by atoms with Gasteiger partial charge in [-0.05, 0) is 42.4 Å². The highest BCUT2D eigenvalue weighted by Gasteiger charge is 2.41. The quantitative estimate of drug-likeness (QED) is 0.635. The first-order valence-electron chi connectivity index (χ1n) is 8.07. The maximum Gasteiger partial charge on any atom is 0.348 e. The molecule has 1 aliphatic heterocycles. The molecule has 2 atom stereocenters. The minimum atomic E-state index is -0.594. The second-order valence-electron chi connectivity index (χ2n) is 6.14. The summed E-state index contributed by atoms with van der Waals surface area (Å²) in [5.41, 5.74) is 5.96. The van der Waals surface area contributed by atoms with E-state index in [4.69, 9.17) is 15.2 Å². The first-order valence-corrected chi connectivity index (χ1v) is 8.87. The molecule has 1 aliphatic carbocycles. The lowest BCUT2D eigenvalue weighted by Gasteiger charge is -2.29. The minimum absolute atomic E-state index is 0.0297. The highest BCUT2D eigenvalue weighted by molar-refractivity contribution is 9.10. The minimum Gasteiger partial charge on any atom is -0.507 e. The molecule has 7 heteroatoms. The van der Waals surface area contributed by atoms with Crippen molar-refractivity contribution in [1.29, 1.82) is 0 Å². The highest BCUT2D eigenvalue weighted by Crippen LogP contribution is 2.43. The summed E-state index contributed by atoms with van der Waals surface area (Å²) in [6.07, 6.45) is -0.179. The van der Waals surface area contributed by atoms with Gasteiger partial charge in [0.05, 0.1) is 0 Å². The average Bonchev–Trinajstić information content (AvgIpc) is 2.69. The summed E-state index contributed by atoms with van der Waals surface area (Å²) in [6, 6.07) is 1.43. The van der Waals surface area contributed by atoms with Crippen LogP contribution in [-0.4, -0.2) is 29.5 Å². The lowest BCUT2D eigenvalue weighted by molar-refractivity contribution is -0.118. The zero-order valence-corrected chi connectivity index (χ0v) is 16.3. The van der Waals surface area contributed by atoms with Crippen LogP contribution < -0.4 is 10.5 Å². The number of phenolic OH excluding ortho intramolecular Hbond substituents is 1. The molecule has 25 heavy (non-hydrogen) atoms. The number of hydrogen-bond donors (Lipinski definition) is 2. The maximum absolute atomic E-state index is 12.4. The van der Waals surface area contributed by atoms with Gasteiger partial charge in [-0.3, -0.25) is 4.79 Å². The fraction of sp³-hybridized carbons (Fsp3) is 0.444. The molecule has 0 aromatic heterocycles. The highest BCUT2D eigenvalue weighted by atomic mass is 79.9. The van der Waals surface area contributed by atoms with Gasteiger partial charge in [-0.2, -0.15) is 0 Å². The van der Waals surface area contributed by atoms with Gasteiger partial charge < -0.3 is 20.3 Å². The van der Waals surface area contributed by atoms with E-state index in [1.165, 1.54) is 6.07 Å². The Kier molecular flexibility index (Phi) is 5.90. The molecule has 0 saturated carbocycles. The molecule has 0 fully saturated rings. The van der Waals surface area contributed by atoms with Crippen LogP contribution >= 0.6 is 15.9 Å². The number of carbonyl (C=O) groups is 2. The smallest absolute Gasteiger partial charge is 0.348 e. The molecule has 3 N–H and O–H groups in total. The van der Waals surface area contributed by atoms with Gasteiger partial charge in [-0.15, -0.1) is 0 Å². The van der Waals surface area contributed by atoms with Gasteiger partial charge in [-0.1, -0.05) is 13.8 Å². The molecule has 0 spiro atoms. The number of Topliss-reactive ketones (excluding diaryl/α,β-unsaturated/α-hetero) is 1. The summed E-state index contributed by atoms with van der Waals surface area (Å²) >= 11 is 3.26. The number of ether oxygens (including phenoxy) is 2. The van der Waals surface area contributed by atoms with E-state index in [2.05, 4.69) is 15.9 Å². The first-order chi connectivity index (χ1) is 11.7. The van der Waals surface area contributed by atoms with Crippen molar-refractivity contribution in [3.63, 3.8) is 0 Å². The van der Waals surface area contributed by atoms with E-state index < -0.39 is 12.1 Å². The van der Waals surface area contributed by atoms with Crippen LogP contribution in [-0.2, 0) is 9.53 Å². The lowest BCUT2D eigenvalue weighted by Crippen LogP contribution is -2.35. The number of benzene rings is 1. The molecule has 6 nitrogen and oxygen atoms in total. The molecule has 3 rings (SSSR count). The summed E-state index contributed by atoms with van der Waals surface area (Å²) in [5, 5.41) is 9.96.